The molecule has 14 heteroatoms. The molecule has 0 saturated heterocycles. The van der Waals surface area contributed by atoms with Gasteiger partial charge in [0.1, 0.15) is 12.6 Å². The molecular formula is C40H70NO12P. The molecule has 312 valence electrons. The van der Waals surface area contributed by atoms with Crippen LogP contribution in [-0.2, 0) is 37.5 Å². The van der Waals surface area contributed by atoms with Gasteiger partial charge in [-0.05, 0) is 70.6 Å². The number of ether oxygens (including phenoxy) is 2. The normalized spacial score (nSPS) is 15.5. The highest BCUT2D eigenvalue weighted by molar-refractivity contribution is 7.47. The first-order chi connectivity index (χ1) is 25.9. The number of carboxylic acid groups (broad SMARTS) is 1. The molecule has 0 aliphatic carbocycles. The Morgan fingerprint density at radius 2 is 1.19 bits per heavy atom. The molecule has 0 spiro atoms. The predicted octanol–water partition coefficient (Wildman–Crippen LogP) is 7.78. The van der Waals surface area contributed by atoms with Crippen LogP contribution in [-0.4, -0.2) is 82.3 Å². The van der Waals surface area contributed by atoms with E-state index in [2.05, 4.69) is 48.8 Å². The molecule has 0 aliphatic rings. The van der Waals surface area contributed by atoms with Crippen LogP contribution < -0.4 is 5.73 Å². The average Bonchev–Trinajstić information content (AvgIpc) is 3.14. The summed E-state index contributed by atoms with van der Waals surface area (Å²) in [6.07, 6.45) is 29.3. The maximum Gasteiger partial charge on any atom is 0.472 e. The van der Waals surface area contributed by atoms with Crippen LogP contribution in [0.4, 0.5) is 0 Å². The number of esters is 2. The zero-order valence-electron chi connectivity index (χ0n) is 32.8. The summed E-state index contributed by atoms with van der Waals surface area (Å²) in [4.78, 5) is 45.8. The van der Waals surface area contributed by atoms with E-state index in [9.17, 15) is 34.1 Å². The maximum atomic E-state index is 12.6. The van der Waals surface area contributed by atoms with Crippen molar-refractivity contribution < 1.29 is 57.7 Å². The number of aliphatic hydroxyl groups excluding tert-OH is 2. The van der Waals surface area contributed by atoms with Crippen LogP contribution >= 0.6 is 7.82 Å². The van der Waals surface area contributed by atoms with Crippen LogP contribution in [0.5, 0.6) is 0 Å². The molecule has 0 rings (SSSR count). The molecule has 0 bridgehead atoms. The Hall–Kier alpha value is -2.64. The molecule has 0 aliphatic heterocycles. The fourth-order valence-corrected chi connectivity index (χ4v) is 5.69. The van der Waals surface area contributed by atoms with E-state index in [1.165, 1.54) is 32.1 Å². The molecule has 0 radical (unpaired) electrons. The van der Waals surface area contributed by atoms with Gasteiger partial charge in [-0.25, -0.2) is 4.57 Å². The van der Waals surface area contributed by atoms with Gasteiger partial charge in [-0.1, -0.05) is 107 Å². The van der Waals surface area contributed by atoms with Gasteiger partial charge < -0.3 is 35.4 Å². The highest BCUT2D eigenvalue weighted by Gasteiger charge is 2.28. The highest BCUT2D eigenvalue weighted by Crippen LogP contribution is 2.43. The smallest absolute Gasteiger partial charge is 0.472 e. The molecule has 0 aromatic rings. The Morgan fingerprint density at radius 3 is 1.85 bits per heavy atom. The van der Waals surface area contributed by atoms with Crippen molar-refractivity contribution in [1.29, 1.82) is 0 Å². The molecule has 0 saturated carbocycles. The first-order valence-electron chi connectivity index (χ1n) is 19.8. The largest absolute Gasteiger partial charge is 0.480 e. The molecule has 0 aromatic heterocycles. The number of carbonyl (C=O) groups excluding carboxylic acids is 2. The lowest BCUT2D eigenvalue weighted by atomic mass is 10.0. The number of hydrogen-bond donors (Lipinski definition) is 5. The zero-order chi connectivity index (χ0) is 40.3. The van der Waals surface area contributed by atoms with Gasteiger partial charge in [0.25, 0.3) is 0 Å². The zero-order valence-corrected chi connectivity index (χ0v) is 33.7. The predicted molar refractivity (Wildman–Crippen MR) is 210 cm³/mol. The van der Waals surface area contributed by atoms with E-state index >= 15 is 0 Å². The number of nitrogens with two attached hydrogens (primary N) is 1. The molecule has 5 atom stereocenters. The van der Waals surface area contributed by atoms with Crippen LogP contribution in [0.15, 0.2) is 48.6 Å². The second-order valence-corrected chi connectivity index (χ2v) is 14.8. The van der Waals surface area contributed by atoms with E-state index in [0.29, 0.717) is 12.8 Å². The van der Waals surface area contributed by atoms with E-state index in [0.717, 1.165) is 51.4 Å². The molecule has 0 fully saturated rings. The summed E-state index contributed by atoms with van der Waals surface area (Å²) in [5.41, 5.74) is 5.30. The molecule has 3 unspecified atom stereocenters. The molecule has 0 aromatic carbocycles. The van der Waals surface area contributed by atoms with E-state index in [-0.39, 0.29) is 32.1 Å². The summed E-state index contributed by atoms with van der Waals surface area (Å²) >= 11 is 0. The van der Waals surface area contributed by atoms with Crippen LogP contribution in [0.25, 0.3) is 0 Å². The number of carbonyl (C=O) groups is 3. The second kappa shape index (κ2) is 34.8. The topological polar surface area (TPSA) is 212 Å². The molecule has 6 N–H and O–H groups in total. The SMILES string of the molecule is CCCC/C=C\CCCCCCCC(=O)OC[C@H](COP(=O)(O)OC[C@H](N)C(=O)O)OC(=O)CCCC(O)C(O)C/C=C\C/C=C\C/C=C\CCCCC. The van der Waals surface area contributed by atoms with E-state index in [1.807, 2.05) is 12.2 Å². The van der Waals surface area contributed by atoms with Gasteiger partial charge in [0.2, 0.25) is 0 Å². The van der Waals surface area contributed by atoms with Crippen molar-refractivity contribution in [3.05, 3.63) is 48.6 Å². The van der Waals surface area contributed by atoms with Crippen LogP contribution in [0.1, 0.15) is 142 Å². The third-order valence-electron chi connectivity index (χ3n) is 8.25. The summed E-state index contributed by atoms with van der Waals surface area (Å²) in [6, 6.07) is -1.57. The molecule has 0 heterocycles. The number of aliphatic carboxylic acids is 1. The van der Waals surface area contributed by atoms with Gasteiger partial charge in [0, 0.05) is 12.8 Å². The van der Waals surface area contributed by atoms with Gasteiger partial charge in [-0.15, -0.1) is 0 Å². The van der Waals surface area contributed by atoms with Gasteiger partial charge in [-0.2, -0.15) is 0 Å². The second-order valence-electron chi connectivity index (χ2n) is 13.4. The number of aliphatic hydroxyl groups is 2. The van der Waals surface area contributed by atoms with Gasteiger partial charge in [-0.3, -0.25) is 23.4 Å². The minimum Gasteiger partial charge on any atom is -0.480 e. The Labute approximate surface area is 323 Å². The number of hydrogen-bond acceptors (Lipinski definition) is 11. The monoisotopic (exact) mass is 787 g/mol. The van der Waals surface area contributed by atoms with Crippen molar-refractivity contribution in [2.45, 2.75) is 167 Å². The van der Waals surface area contributed by atoms with Gasteiger partial charge in [0.15, 0.2) is 6.10 Å². The number of unbranched alkanes of at least 4 members (excludes halogenated alkanes) is 10. The van der Waals surface area contributed by atoms with Crippen molar-refractivity contribution >= 4 is 25.7 Å². The fraction of sp³-hybridized carbons (Fsp3) is 0.725. The summed E-state index contributed by atoms with van der Waals surface area (Å²) in [6.45, 7) is 2.40. The summed E-state index contributed by atoms with van der Waals surface area (Å²) in [5, 5.41) is 29.5. The third kappa shape index (κ3) is 32.8. The number of rotatable bonds is 36. The lowest BCUT2D eigenvalue weighted by Gasteiger charge is -2.20. The standard InChI is InChI=1S/C40H70NO12P/c1-3-5-7-9-11-13-15-17-18-20-22-24-27-36(42)37(43)28-26-30-39(45)53-34(32-51-54(48,49)52-33-35(41)40(46)47)31-50-38(44)29-25-23-21-19-16-14-12-10-8-6-4-2/h10-13,17-18,22,24,34-37,42-43H,3-9,14-16,19-21,23,25-33,41H2,1-2H3,(H,46,47)(H,48,49)/b12-10-,13-11-,18-17-,24-22-/t34-,35+,36?,37?/m1/s1. The summed E-state index contributed by atoms with van der Waals surface area (Å²) in [5.74, 6) is -2.72. The fourth-order valence-electron chi connectivity index (χ4n) is 4.91. The number of carboxylic acids is 1. The first kappa shape index (κ1) is 51.4. The van der Waals surface area contributed by atoms with E-state index in [1.54, 1.807) is 6.08 Å². The van der Waals surface area contributed by atoms with Gasteiger partial charge >= 0.3 is 25.7 Å². The quantitative estimate of drug-likeness (QED) is 0.0178. The minimum atomic E-state index is -4.79. The van der Waals surface area contributed by atoms with Crippen LogP contribution in [0, 0.1) is 0 Å². The van der Waals surface area contributed by atoms with Crippen molar-refractivity contribution in [2.24, 2.45) is 5.73 Å². The number of allylic oxidation sites excluding steroid dienone is 7. The van der Waals surface area contributed by atoms with Crippen molar-refractivity contribution in [1.82, 2.24) is 0 Å². The van der Waals surface area contributed by atoms with E-state index < -0.39 is 69.9 Å². The molecule has 0 amide bonds. The summed E-state index contributed by atoms with van der Waals surface area (Å²) in [7, 11) is -4.79. The van der Waals surface area contributed by atoms with Crippen LogP contribution in [0.3, 0.4) is 0 Å². The summed E-state index contributed by atoms with van der Waals surface area (Å²) < 4.78 is 32.4. The Bertz CT molecular complexity index is 1140. The van der Waals surface area contributed by atoms with Gasteiger partial charge in [0.05, 0.1) is 25.4 Å². The lowest BCUT2D eigenvalue weighted by molar-refractivity contribution is -0.161. The number of phosphoric acid groups is 1. The Balaban J connectivity index is 4.70. The lowest BCUT2D eigenvalue weighted by Crippen LogP contribution is -2.34. The first-order valence-corrected chi connectivity index (χ1v) is 21.3. The molecule has 54 heavy (non-hydrogen) atoms. The van der Waals surface area contributed by atoms with Crippen molar-refractivity contribution in [3.8, 4) is 0 Å². The highest BCUT2D eigenvalue weighted by atomic mass is 31.2. The van der Waals surface area contributed by atoms with Crippen molar-refractivity contribution in [2.75, 3.05) is 19.8 Å². The average molecular weight is 788 g/mol. The molecular weight excluding hydrogens is 717 g/mol. The van der Waals surface area contributed by atoms with E-state index in [4.69, 9.17) is 24.8 Å². The Morgan fingerprint density at radius 1 is 0.648 bits per heavy atom. The molecule has 13 nitrogen and oxygen atoms in total. The number of phosphoric ester groups is 1. The van der Waals surface area contributed by atoms with Crippen molar-refractivity contribution in [3.63, 3.8) is 0 Å². The Kier molecular flexibility index (Phi) is 33.1. The van der Waals surface area contributed by atoms with Crippen LogP contribution in [0.2, 0.25) is 0 Å². The maximum absolute atomic E-state index is 12.6. The third-order valence-corrected chi connectivity index (χ3v) is 9.20. The minimum absolute atomic E-state index is 0.115.